The zero-order chi connectivity index (χ0) is 27.5. The molecule has 3 nitrogen and oxygen atoms in total. The van der Waals surface area contributed by atoms with Crippen molar-refractivity contribution in [3.63, 3.8) is 0 Å². The Kier molecular flexibility index (Phi) is 40.7. The van der Waals surface area contributed by atoms with Crippen LogP contribution in [0.1, 0.15) is 201 Å². The number of unbranched alkanes of at least 4 members (excludes halogenated alkanes) is 24. The average Bonchev–Trinajstić information content (AvgIpc) is 2.90. The Labute approximate surface area is 236 Å². The maximum Gasteiger partial charge on any atom is 0.319 e. The van der Waals surface area contributed by atoms with Gasteiger partial charge in [-0.05, 0) is 12.8 Å². The van der Waals surface area contributed by atoms with Gasteiger partial charge in [0.05, 0.1) is 13.2 Å². The molecule has 0 aliphatic rings. The highest BCUT2D eigenvalue weighted by Crippen LogP contribution is 2.25. The summed E-state index contributed by atoms with van der Waals surface area (Å²) in [4.78, 5) is 0. The van der Waals surface area contributed by atoms with Gasteiger partial charge in [-0.1, -0.05) is 188 Å². The molecule has 0 bridgehead atoms. The Morgan fingerprint density at radius 3 is 0.730 bits per heavy atom. The molecule has 0 saturated carbocycles. The highest BCUT2D eigenvalue weighted by Gasteiger charge is 2.00. The SMILES string of the molecule is CCCCCCCCCCC.CCCCCCCCCCCO[PH](=O)OCCCCCCCCCCC. The summed E-state index contributed by atoms with van der Waals surface area (Å²) in [5.41, 5.74) is 0. The Morgan fingerprint density at radius 1 is 0.324 bits per heavy atom. The van der Waals surface area contributed by atoms with Crippen LogP contribution in [0, 0.1) is 0 Å². The van der Waals surface area contributed by atoms with Crippen LogP contribution in [0.25, 0.3) is 0 Å². The third kappa shape index (κ3) is 40.8. The highest BCUT2D eigenvalue weighted by atomic mass is 31.1. The molecule has 0 aromatic carbocycles. The van der Waals surface area contributed by atoms with Crippen molar-refractivity contribution in [2.75, 3.05) is 13.2 Å². The maximum atomic E-state index is 11.7. The first-order chi connectivity index (χ1) is 18.2. The quantitative estimate of drug-likeness (QED) is 0.0663. The molecule has 4 heteroatoms. The molecule has 226 valence electrons. The average molecular weight is 547 g/mol. The molecular weight excluding hydrogens is 475 g/mol. The van der Waals surface area contributed by atoms with Gasteiger partial charge in [0.25, 0.3) is 0 Å². The Bertz CT molecular complexity index is 369. The van der Waals surface area contributed by atoms with E-state index in [-0.39, 0.29) is 0 Å². The van der Waals surface area contributed by atoms with Gasteiger partial charge in [-0.15, -0.1) is 0 Å². The van der Waals surface area contributed by atoms with Crippen LogP contribution in [0.5, 0.6) is 0 Å². The highest BCUT2D eigenvalue weighted by molar-refractivity contribution is 7.33. The topological polar surface area (TPSA) is 35.5 Å². The van der Waals surface area contributed by atoms with Crippen LogP contribution in [0.3, 0.4) is 0 Å². The second-order valence-corrected chi connectivity index (χ2v) is 12.2. The van der Waals surface area contributed by atoms with Crippen molar-refractivity contribution in [3.05, 3.63) is 0 Å². The van der Waals surface area contributed by atoms with E-state index >= 15 is 0 Å². The number of hydrogen-bond acceptors (Lipinski definition) is 3. The minimum absolute atomic E-state index is 0.589. The molecular formula is C33H71O3P. The monoisotopic (exact) mass is 547 g/mol. The molecule has 0 spiro atoms. The molecule has 0 aromatic rings. The fourth-order valence-electron chi connectivity index (χ4n) is 4.56. The minimum Gasteiger partial charge on any atom is -0.311 e. The zero-order valence-electron chi connectivity index (χ0n) is 26.2. The van der Waals surface area contributed by atoms with Gasteiger partial charge in [-0.3, -0.25) is 4.57 Å². The van der Waals surface area contributed by atoms with Gasteiger partial charge < -0.3 is 9.05 Å². The lowest BCUT2D eigenvalue weighted by molar-refractivity contribution is 0.218. The fourth-order valence-corrected chi connectivity index (χ4v) is 5.27. The Morgan fingerprint density at radius 2 is 0.514 bits per heavy atom. The van der Waals surface area contributed by atoms with Crippen molar-refractivity contribution in [3.8, 4) is 0 Å². The van der Waals surface area contributed by atoms with Gasteiger partial charge >= 0.3 is 8.25 Å². The van der Waals surface area contributed by atoms with Gasteiger partial charge in [0, 0.05) is 0 Å². The van der Waals surface area contributed by atoms with E-state index in [1.54, 1.807) is 0 Å². The minimum atomic E-state index is -2.25. The first-order valence-corrected chi connectivity index (χ1v) is 18.2. The van der Waals surface area contributed by atoms with E-state index < -0.39 is 8.25 Å². The molecule has 0 amide bonds. The van der Waals surface area contributed by atoms with Gasteiger partial charge in [0.15, 0.2) is 0 Å². The first kappa shape index (κ1) is 39.3. The van der Waals surface area contributed by atoms with Gasteiger partial charge in [0.1, 0.15) is 0 Å². The predicted molar refractivity (Wildman–Crippen MR) is 168 cm³/mol. The van der Waals surface area contributed by atoms with Gasteiger partial charge in [-0.25, -0.2) is 0 Å². The summed E-state index contributed by atoms with van der Waals surface area (Å²) in [6.07, 6.45) is 36.2. The lowest BCUT2D eigenvalue weighted by Crippen LogP contribution is -1.92. The van der Waals surface area contributed by atoms with E-state index in [4.69, 9.17) is 9.05 Å². The number of hydrogen-bond donors (Lipinski definition) is 0. The molecule has 0 fully saturated rings. The van der Waals surface area contributed by atoms with Crippen LogP contribution in [0.4, 0.5) is 0 Å². The van der Waals surface area contributed by atoms with E-state index in [1.807, 2.05) is 0 Å². The molecule has 37 heavy (non-hydrogen) atoms. The van der Waals surface area contributed by atoms with Crippen molar-refractivity contribution >= 4 is 8.25 Å². The molecule has 0 aromatic heterocycles. The molecule has 0 radical (unpaired) electrons. The molecule has 0 atom stereocenters. The summed E-state index contributed by atoms with van der Waals surface area (Å²) in [5.74, 6) is 0. The summed E-state index contributed by atoms with van der Waals surface area (Å²) < 4.78 is 22.3. The molecule has 0 saturated heterocycles. The van der Waals surface area contributed by atoms with Crippen molar-refractivity contribution < 1.29 is 13.6 Å². The second-order valence-electron chi connectivity index (χ2n) is 11.1. The third-order valence-corrected chi connectivity index (χ3v) is 8.02. The van der Waals surface area contributed by atoms with Crippen LogP contribution in [-0.2, 0) is 13.6 Å². The molecule has 0 N–H and O–H groups in total. The third-order valence-electron chi connectivity index (χ3n) is 7.14. The van der Waals surface area contributed by atoms with Crippen molar-refractivity contribution in [2.45, 2.75) is 201 Å². The largest absolute Gasteiger partial charge is 0.319 e. The van der Waals surface area contributed by atoms with E-state index in [2.05, 4.69) is 27.7 Å². The zero-order valence-corrected chi connectivity index (χ0v) is 27.2. The lowest BCUT2D eigenvalue weighted by atomic mass is 10.1. The fraction of sp³-hybridized carbons (Fsp3) is 1.00. The molecule has 0 aliphatic carbocycles. The second kappa shape index (κ2) is 38.3. The molecule has 0 rings (SSSR count). The summed E-state index contributed by atoms with van der Waals surface area (Å²) in [6, 6.07) is 0. The van der Waals surface area contributed by atoms with E-state index in [0.717, 1.165) is 12.8 Å². The molecule has 0 unspecified atom stereocenters. The summed E-state index contributed by atoms with van der Waals surface area (Å²) in [6.45, 7) is 10.2. The van der Waals surface area contributed by atoms with Crippen LogP contribution in [0.15, 0.2) is 0 Å². The normalized spacial score (nSPS) is 11.2. The Hall–Kier alpha value is 0.150. The molecule has 0 aliphatic heterocycles. The van der Waals surface area contributed by atoms with E-state index in [9.17, 15) is 4.57 Å². The maximum absolute atomic E-state index is 11.7. The standard InChI is InChI=1S/C22H47O3P.C11H24/c1-3-5-7-9-11-13-15-17-19-21-24-26(23)25-22-20-18-16-14-12-10-8-6-4-2;1-3-5-7-9-11-10-8-6-4-2/h26H,3-22H2,1-2H3;3-11H2,1-2H3. The number of rotatable bonds is 30. The van der Waals surface area contributed by atoms with Crippen molar-refractivity contribution in [2.24, 2.45) is 0 Å². The predicted octanol–water partition coefficient (Wildman–Crippen LogP) is 13.0. The lowest BCUT2D eigenvalue weighted by Gasteiger charge is -2.06. The van der Waals surface area contributed by atoms with Crippen LogP contribution in [-0.4, -0.2) is 13.2 Å². The van der Waals surface area contributed by atoms with Crippen LogP contribution >= 0.6 is 8.25 Å². The van der Waals surface area contributed by atoms with Crippen LogP contribution in [0.2, 0.25) is 0 Å². The Balaban J connectivity index is 0. The van der Waals surface area contributed by atoms with Crippen LogP contribution < -0.4 is 0 Å². The summed E-state index contributed by atoms with van der Waals surface area (Å²) >= 11 is 0. The summed E-state index contributed by atoms with van der Waals surface area (Å²) in [7, 11) is -2.25. The van der Waals surface area contributed by atoms with E-state index in [1.165, 1.54) is 161 Å². The van der Waals surface area contributed by atoms with Crippen molar-refractivity contribution in [1.29, 1.82) is 0 Å². The van der Waals surface area contributed by atoms with Gasteiger partial charge in [0.2, 0.25) is 0 Å². The van der Waals surface area contributed by atoms with E-state index in [0.29, 0.717) is 13.2 Å². The van der Waals surface area contributed by atoms with Gasteiger partial charge in [-0.2, -0.15) is 0 Å². The smallest absolute Gasteiger partial charge is 0.311 e. The molecule has 0 heterocycles. The first-order valence-electron chi connectivity index (χ1n) is 17.0. The summed E-state index contributed by atoms with van der Waals surface area (Å²) in [5, 5.41) is 0. The van der Waals surface area contributed by atoms with Crippen molar-refractivity contribution in [1.82, 2.24) is 0 Å².